The summed E-state index contributed by atoms with van der Waals surface area (Å²) >= 11 is 0. The van der Waals surface area contributed by atoms with E-state index >= 15 is 0 Å². The van der Waals surface area contributed by atoms with E-state index in [9.17, 15) is 14.0 Å². The number of halogens is 1. The Morgan fingerprint density at radius 2 is 1.59 bits per heavy atom. The van der Waals surface area contributed by atoms with E-state index in [1.807, 2.05) is 48.5 Å². The Bertz CT molecular complexity index is 1120. The van der Waals surface area contributed by atoms with Crippen molar-refractivity contribution in [2.24, 2.45) is 0 Å². The Kier molecular flexibility index (Phi) is 9.62. The Labute approximate surface area is 216 Å². The van der Waals surface area contributed by atoms with Crippen LogP contribution in [0.2, 0.25) is 0 Å². The lowest BCUT2D eigenvalue weighted by atomic mass is 10.0. The van der Waals surface area contributed by atoms with E-state index in [0.717, 1.165) is 13.1 Å². The summed E-state index contributed by atoms with van der Waals surface area (Å²) in [5, 5.41) is 3.02. The number of ether oxygens (including phenoxy) is 2. The molecule has 1 saturated heterocycles. The molecule has 0 unspecified atom stereocenters. The van der Waals surface area contributed by atoms with Crippen LogP contribution in [0.3, 0.4) is 0 Å². The summed E-state index contributed by atoms with van der Waals surface area (Å²) in [4.78, 5) is 30.9. The van der Waals surface area contributed by atoms with Crippen LogP contribution in [-0.4, -0.2) is 67.6 Å². The molecule has 7 nitrogen and oxygen atoms in total. The van der Waals surface area contributed by atoms with Gasteiger partial charge in [-0.25, -0.2) is 4.39 Å². The highest BCUT2D eigenvalue weighted by atomic mass is 19.1. The summed E-state index contributed by atoms with van der Waals surface area (Å²) in [6, 6.07) is 23.3. The van der Waals surface area contributed by atoms with Gasteiger partial charge in [-0.05, 0) is 35.4 Å². The van der Waals surface area contributed by atoms with E-state index in [1.165, 1.54) is 17.0 Å². The number of para-hydroxylation sites is 1. The second-order valence-corrected chi connectivity index (χ2v) is 8.81. The van der Waals surface area contributed by atoms with Crippen LogP contribution in [0.4, 0.5) is 4.39 Å². The second kappa shape index (κ2) is 13.5. The van der Waals surface area contributed by atoms with Gasteiger partial charge in [0.1, 0.15) is 17.6 Å². The molecule has 4 rings (SSSR count). The largest absolute Gasteiger partial charge is 0.484 e. The van der Waals surface area contributed by atoms with Gasteiger partial charge in [0.15, 0.2) is 6.61 Å². The molecule has 0 aliphatic carbocycles. The molecule has 0 radical (unpaired) electrons. The minimum Gasteiger partial charge on any atom is -0.484 e. The first-order valence-corrected chi connectivity index (χ1v) is 12.4. The van der Waals surface area contributed by atoms with Crippen LogP contribution in [0.1, 0.15) is 17.2 Å². The second-order valence-electron chi connectivity index (χ2n) is 8.81. The maximum atomic E-state index is 13.6. The molecule has 8 heteroatoms. The molecule has 1 atom stereocenters. The van der Waals surface area contributed by atoms with Crippen LogP contribution in [0.5, 0.6) is 5.75 Å². The highest BCUT2D eigenvalue weighted by Gasteiger charge is 2.32. The summed E-state index contributed by atoms with van der Waals surface area (Å²) in [6.45, 7) is 4.03. The van der Waals surface area contributed by atoms with Crippen molar-refractivity contribution in [3.05, 3.63) is 102 Å². The van der Waals surface area contributed by atoms with Gasteiger partial charge in [-0.3, -0.25) is 14.5 Å². The summed E-state index contributed by atoms with van der Waals surface area (Å²) in [5.74, 6) is -0.446. The van der Waals surface area contributed by atoms with Gasteiger partial charge in [-0.15, -0.1) is 0 Å². The maximum Gasteiger partial charge on any atom is 0.261 e. The van der Waals surface area contributed by atoms with E-state index in [4.69, 9.17) is 9.47 Å². The zero-order chi connectivity index (χ0) is 25.9. The number of hydrogen-bond donors (Lipinski definition) is 1. The summed E-state index contributed by atoms with van der Waals surface area (Å²) < 4.78 is 24.7. The average Bonchev–Trinajstić information content (AvgIpc) is 2.94. The van der Waals surface area contributed by atoms with Gasteiger partial charge in [0.2, 0.25) is 5.91 Å². The molecule has 0 spiro atoms. The number of benzene rings is 3. The van der Waals surface area contributed by atoms with E-state index in [2.05, 4.69) is 10.2 Å². The van der Waals surface area contributed by atoms with Crippen molar-refractivity contribution in [3.8, 4) is 5.75 Å². The molecule has 0 aromatic heterocycles. The highest BCUT2D eigenvalue weighted by Crippen LogP contribution is 2.24. The molecular weight excluding hydrogens is 473 g/mol. The molecule has 1 aliphatic heterocycles. The predicted octanol–water partition coefficient (Wildman–Crippen LogP) is 3.42. The van der Waals surface area contributed by atoms with Crippen molar-refractivity contribution >= 4 is 11.8 Å². The van der Waals surface area contributed by atoms with Gasteiger partial charge in [-0.1, -0.05) is 60.7 Å². The third kappa shape index (κ3) is 7.87. The molecule has 2 amide bonds. The molecular formula is C29H32FN3O4. The van der Waals surface area contributed by atoms with E-state index in [1.54, 1.807) is 24.3 Å². The number of hydrogen-bond acceptors (Lipinski definition) is 5. The van der Waals surface area contributed by atoms with Gasteiger partial charge in [0, 0.05) is 32.7 Å². The third-order valence-electron chi connectivity index (χ3n) is 6.20. The smallest absolute Gasteiger partial charge is 0.261 e. The SMILES string of the molecule is O=C(NCCN1CCOCC1)[C@@H](c1ccccc1)N(Cc1ccc(F)cc1)C(=O)COc1ccccc1. The molecule has 1 heterocycles. The van der Waals surface area contributed by atoms with Gasteiger partial charge < -0.3 is 19.7 Å². The normalized spacial score (nSPS) is 14.5. The lowest BCUT2D eigenvalue weighted by Crippen LogP contribution is -2.47. The van der Waals surface area contributed by atoms with Crippen molar-refractivity contribution in [3.63, 3.8) is 0 Å². The number of nitrogens with zero attached hydrogens (tertiary/aromatic N) is 2. The molecule has 3 aromatic carbocycles. The predicted molar refractivity (Wildman–Crippen MR) is 138 cm³/mol. The monoisotopic (exact) mass is 505 g/mol. The van der Waals surface area contributed by atoms with Crippen LogP contribution < -0.4 is 10.1 Å². The Morgan fingerprint density at radius 1 is 0.946 bits per heavy atom. The molecule has 37 heavy (non-hydrogen) atoms. The Morgan fingerprint density at radius 3 is 2.27 bits per heavy atom. The molecule has 3 aromatic rings. The quantitative estimate of drug-likeness (QED) is 0.433. The van der Waals surface area contributed by atoms with E-state index in [0.29, 0.717) is 43.2 Å². The average molecular weight is 506 g/mol. The lowest BCUT2D eigenvalue weighted by Gasteiger charge is -2.32. The molecule has 1 aliphatic rings. The Balaban J connectivity index is 1.55. The van der Waals surface area contributed by atoms with Crippen molar-refractivity contribution in [1.82, 2.24) is 15.1 Å². The van der Waals surface area contributed by atoms with Crippen LogP contribution in [0.15, 0.2) is 84.9 Å². The topological polar surface area (TPSA) is 71.1 Å². The first-order chi connectivity index (χ1) is 18.1. The van der Waals surface area contributed by atoms with Gasteiger partial charge in [0.05, 0.1) is 13.2 Å². The van der Waals surface area contributed by atoms with Crippen molar-refractivity contribution in [2.75, 3.05) is 46.0 Å². The Hall–Kier alpha value is -3.75. The number of rotatable bonds is 11. The van der Waals surface area contributed by atoms with Crippen LogP contribution >= 0.6 is 0 Å². The minimum atomic E-state index is -0.886. The standard InChI is InChI=1S/C29H32FN3O4/c30-25-13-11-23(12-14-25)21-33(27(34)22-37-26-9-5-2-6-10-26)28(24-7-3-1-4-8-24)29(35)31-15-16-32-17-19-36-20-18-32/h1-14,28H,15-22H2,(H,31,35)/t28-/m1/s1. The van der Waals surface area contributed by atoms with E-state index in [-0.39, 0.29) is 30.8 Å². The summed E-state index contributed by atoms with van der Waals surface area (Å²) in [7, 11) is 0. The van der Waals surface area contributed by atoms with E-state index < -0.39 is 6.04 Å². The number of carbonyl (C=O) groups excluding carboxylic acids is 2. The molecule has 194 valence electrons. The van der Waals surface area contributed by atoms with Gasteiger partial charge >= 0.3 is 0 Å². The van der Waals surface area contributed by atoms with Crippen LogP contribution in [0.25, 0.3) is 0 Å². The zero-order valence-corrected chi connectivity index (χ0v) is 20.7. The molecule has 1 N–H and O–H groups in total. The molecule has 1 fully saturated rings. The fraction of sp³-hybridized carbons (Fsp3) is 0.310. The number of nitrogens with one attached hydrogen (secondary N) is 1. The van der Waals surface area contributed by atoms with Gasteiger partial charge in [-0.2, -0.15) is 0 Å². The number of amides is 2. The lowest BCUT2D eigenvalue weighted by molar-refractivity contribution is -0.143. The maximum absolute atomic E-state index is 13.6. The fourth-order valence-electron chi connectivity index (χ4n) is 4.22. The first kappa shape index (κ1) is 26.3. The molecule has 0 bridgehead atoms. The van der Waals surface area contributed by atoms with Crippen molar-refractivity contribution < 1.29 is 23.5 Å². The van der Waals surface area contributed by atoms with Crippen LogP contribution in [-0.2, 0) is 20.9 Å². The zero-order valence-electron chi connectivity index (χ0n) is 20.7. The van der Waals surface area contributed by atoms with Crippen LogP contribution in [0, 0.1) is 5.82 Å². The number of morpholine rings is 1. The van der Waals surface area contributed by atoms with Gasteiger partial charge in [0.25, 0.3) is 5.91 Å². The minimum absolute atomic E-state index is 0.119. The fourth-order valence-corrected chi connectivity index (χ4v) is 4.22. The molecule has 0 saturated carbocycles. The van der Waals surface area contributed by atoms with Crippen molar-refractivity contribution in [1.29, 1.82) is 0 Å². The van der Waals surface area contributed by atoms with Crippen molar-refractivity contribution in [2.45, 2.75) is 12.6 Å². The third-order valence-corrected chi connectivity index (χ3v) is 6.20. The first-order valence-electron chi connectivity index (χ1n) is 12.4. The summed E-state index contributed by atoms with van der Waals surface area (Å²) in [5.41, 5.74) is 1.39. The highest BCUT2D eigenvalue weighted by molar-refractivity contribution is 5.89. The number of carbonyl (C=O) groups is 2. The summed E-state index contributed by atoms with van der Waals surface area (Å²) in [6.07, 6.45) is 0.